The van der Waals surface area contributed by atoms with Crippen LogP contribution in [0.1, 0.15) is 27.2 Å². The quantitative estimate of drug-likeness (QED) is 0.340. The van der Waals surface area contributed by atoms with E-state index in [-0.39, 0.29) is 0 Å². The average molecular weight is 276 g/mol. The zero-order chi connectivity index (χ0) is 11.4. The zero-order valence-electron chi connectivity index (χ0n) is 8.31. The van der Waals surface area contributed by atoms with Crippen LogP contribution in [-0.2, 0) is 9.53 Å². The van der Waals surface area contributed by atoms with Crippen molar-refractivity contribution in [1.82, 2.24) is 0 Å². The van der Waals surface area contributed by atoms with Crippen molar-refractivity contribution in [2.45, 2.75) is 32.9 Å². The monoisotopic (exact) mass is 274 g/mol. The van der Waals surface area contributed by atoms with E-state index in [0.29, 0.717) is 12.0 Å². The standard InChI is InChI=1S/C8H13Cl3O2Si/c1-4-6(3)8(12)13-7(5-2)14(9,10)11/h4,7H,5H2,1-3H3. The number of ether oxygens (including phenoxy) is 1. The van der Waals surface area contributed by atoms with Crippen LogP contribution in [0.3, 0.4) is 0 Å². The molecule has 0 aliphatic rings. The van der Waals surface area contributed by atoms with Gasteiger partial charge >= 0.3 is 12.0 Å². The van der Waals surface area contributed by atoms with E-state index in [1.165, 1.54) is 0 Å². The Kier molecular flexibility index (Phi) is 6.13. The van der Waals surface area contributed by atoms with Crippen LogP contribution in [0.25, 0.3) is 0 Å². The fourth-order valence-corrected chi connectivity index (χ4v) is 3.21. The molecular formula is C8H13Cl3O2Si. The number of allylic oxidation sites excluding steroid dienone is 1. The van der Waals surface area contributed by atoms with E-state index in [1.54, 1.807) is 19.9 Å². The topological polar surface area (TPSA) is 26.3 Å². The number of rotatable bonds is 4. The van der Waals surface area contributed by atoms with E-state index in [4.69, 9.17) is 38.0 Å². The lowest BCUT2D eigenvalue weighted by Gasteiger charge is -2.20. The normalized spacial score (nSPS) is 15.1. The van der Waals surface area contributed by atoms with Gasteiger partial charge in [0.25, 0.3) is 0 Å². The lowest BCUT2D eigenvalue weighted by atomic mass is 10.3. The van der Waals surface area contributed by atoms with Gasteiger partial charge in [-0.05, 0) is 20.3 Å². The summed E-state index contributed by atoms with van der Waals surface area (Å²) < 4.78 is 5.08. The van der Waals surface area contributed by atoms with Gasteiger partial charge in [-0.3, -0.25) is 0 Å². The molecule has 0 aliphatic heterocycles. The molecule has 82 valence electrons. The molecule has 0 saturated heterocycles. The van der Waals surface area contributed by atoms with Crippen LogP contribution in [0.5, 0.6) is 0 Å². The van der Waals surface area contributed by atoms with Crippen molar-refractivity contribution < 1.29 is 9.53 Å². The molecule has 0 aromatic heterocycles. The molecule has 0 rings (SSSR count). The summed E-state index contributed by atoms with van der Waals surface area (Å²) in [6.45, 7) is 5.23. The van der Waals surface area contributed by atoms with E-state index in [0.717, 1.165) is 0 Å². The maximum atomic E-state index is 11.3. The molecule has 0 fully saturated rings. The summed E-state index contributed by atoms with van der Waals surface area (Å²) in [6, 6.07) is -2.96. The molecule has 0 aromatic carbocycles. The van der Waals surface area contributed by atoms with Crippen LogP contribution < -0.4 is 0 Å². The third-order valence-corrected chi connectivity index (χ3v) is 5.19. The zero-order valence-corrected chi connectivity index (χ0v) is 11.6. The lowest BCUT2D eigenvalue weighted by molar-refractivity contribution is -0.141. The maximum Gasteiger partial charge on any atom is 0.381 e. The second kappa shape index (κ2) is 6.01. The van der Waals surface area contributed by atoms with Crippen LogP contribution in [0.4, 0.5) is 0 Å². The molecule has 0 spiro atoms. The molecule has 0 aliphatic carbocycles. The van der Waals surface area contributed by atoms with Crippen molar-refractivity contribution >= 4 is 45.2 Å². The highest BCUT2D eigenvalue weighted by Gasteiger charge is 2.38. The van der Waals surface area contributed by atoms with Crippen molar-refractivity contribution in [1.29, 1.82) is 0 Å². The molecule has 0 amide bonds. The summed E-state index contributed by atoms with van der Waals surface area (Å²) >= 11 is 17.3. The average Bonchev–Trinajstić information content (AvgIpc) is 2.10. The Morgan fingerprint density at radius 3 is 2.29 bits per heavy atom. The number of carbonyl (C=O) groups is 1. The molecule has 0 N–H and O–H groups in total. The first-order chi connectivity index (χ1) is 6.32. The van der Waals surface area contributed by atoms with Crippen LogP contribution >= 0.6 is 33.2 Å². The van der Waals surface area contributed by atoms with Crippen LogP contribution in [0, 0.1) is 0 Å². The summed E-state index contributed by atoms with van der Waals surface area (Å²) in [7, 11) is 0. The summed E-state index contributed by atoms with van der Waals surface area (Å²) in [5.41, 5.74) is -0.0541. The smallest absolute Gasteiger partial charge is 0.381 e. The van der Waals surface area contributed by atoms with E-state index >= 15 is 0 Å². The highest BCUT2D eigenvalue weighted by atomic mass is 35.8. The second-order valence-electron chi connectivity index (χ2n) is 2.82. The molecule has 0 bridgehead atoms. The molecule has 1 atom stereocenters. The Balaban J connectivity index is 4.42. The Labute approximate surface area is 99.3 Å². The third kappa shape index (κ3) is 4.69. The molecule has 0 radical (unpaired) electrons. The van der Waals surface area contributed by atoms with Crippen molar-refractivity contribution in [2.75, 3.05) is 0 Å². The predicted octanol–water partition coefficient (Wildman–Crippen LogP) is 3.47. The highest BCUT2D eigenvalue weighted by molar-refractivity contribution is 7.65. The first kappa shape index (κ1) is 14.3. The largest absolute Gasteiger partial charge is 0.458 e. The van der Waals surface area contributed by atoms with Gasteiger partial charge in [-0.25, -0.2) is 4.79 Å². The molecule has 0 aromatic rings. The predicted molar refractivity (Wildman–Crippen MR) is 62.9 cm³/mol. The molecule has 2 nitrogen and oxygen atoms in total. The Morgan fingerprint density at radius 2 is 2.00 bits per heavy atom. The number of hydrogen-bond acceptors (Lipinski definition) is 2. The first-order valence-corrected chi connectivity index (χ1v) is 9.34. The number of halogens is 3. The SMILES string of the molecule is CC=C(C)C(=O)OC(CC)[Si](Cl)(Cl)Cl. The highest BCUT2D eigenvalue weighted by Crippen LogP contribution is 2.28. The number of esters is 1. The van der Waals surface area contributed by atoms with Gasteiger partial charge in [-0.15, -0.1) is 33.2 Å². The summed E-state index contributed by atoms with van der Waals surface area (Å²) in [5, 5.41) is 0. The fourth-order valence-electron chi connectivity index (χ4n) is 0.722. The van der Waals surface area contributed by atoms with Gasteiger partial charge in [-0.2, -0.15) is 0 Å². The van der Waals surface area contributed by atoms with Crippen molar-refractivity contribution in [3.63, 3.8) is 0 Å². The summed E-state index contributed by atoms with van der Waals surface area (Å²) in [4.78, 5) is 11.3. The van der Waals surface area contributed by atoms with Gasteiger partial charge in [-0.1, -0.05) is 13.0 Å². The summed E-state index contributed by atoms with van der Waals surface area (Å²) in [5.74, 6) is -0.418. The third-order valence-electron chi connectivity index (χ3n) is 1.74. The maximum absolute atomic E-state index is 11.3. The van der Waals surface area contributed by atoms with Crippen LogP contribution in [-0.4, -0.2) is 17.7 Å². The molecule has 6 heteroatoms. The minimum Gasteiger partial charge on any atom is -0.458 e. The fraction of sp³-hybridized carbons (Fsp3) is 0.625. The lowest BCUT2D eigenvalue weighted by Crippen LogP contribution is -2.35. The Morgan fingerprint density at radius 1 is 1.50 bits per heavy atom. The summed E-state index contributed by atoms with van der Waals surface area (Å²) in [6.07, 6.45) is 2.18. The van der Waals surface area contributed by atoms with E-state index in [1.807, 2.05) is 6.92 Å². The van der Waals surface area contributed by atoms with Gasteiger partial charge < -0.3 is 4.74 Å². The van der Waals surface area contributed by atoms with Crippen LogP contribution in [0.15, 0.2) is 11.6 Å². The van der Waals surface area contributed by atoms with Gasteiger partial charge in [0.1, 0.15) is 5.73 Å². The minimum absolute atomic E-state index is 0.418. The van der Waals surface area contributed by atoms with Gasteiger partial charge in [0.15, 0.2) is 0 Å². The van der Waals surface area contributed by atoms with Crippen molar-refractivity contribution in [2.24, 2.45) is 0 Å². The minimum atomic E-state index is -2.96. The first-order valence-electron chi connectivity index (χ1n) is 4.23. The molecule has 1 unspecified atom stereocenters. The van der Waals surface area contributed by atoms with E-state index in [2.05, 4.69) is 0 Å². The Bertz CT molecular complexity index is 235. The molecule has 14 heavy (non-hydrogen) atoms. The number of carbonyl (C=O) groups excluding carboxylic acids is 1. The van der Waals surface area contributed by atoms with Crippen molar-refractivity contribution in [3.05, 3.63) is 11.6 Å². The van der Waals surface area contributed by atoms with E-state index in [9.17, 15) is 4.79 Å². The van der Waals surface area contributed by atoms with Gasteiger partial charge in [0.2, 0.25) is 0 Å². The molecule has 0 heterocycles. The number of hydrogen-bond donors (Lipinski definition) is 0. The van der Waals surface area contributed by atoms with Crippen LogP contribution in [0.2, 0.25) is 0 Å². The molecular weight excluding hydrogens is 263 g/mol. The van der Waals surface area contributed by atoms with Gasteiger partial charge in [0.05, 0.1) is 0 Å². The van der Waals surface area contributed by atoms with Crippen molar-refractivity contribution in [3.8, 4) is 0 Å². The van der Waals surface area contributed by atoms with E-state index < -0.39 is 17.7 Å². The molecule has 0 saturated carbocycles. The Hall–Kier alpha value is 0.297. The van der Waals surface area contributed by atoms with Gasteiger partial charge in [0, 0.05) is 5.57 Å². The second-order valence-corrected chi connectivity index (χ2v) is 11.6.